The van der Waals surface area contributed by atoms with Crippen LogP contribution in [0.5, 0.6) is 0 Å². The molecule has 2 aliphatic rings. The summed E-state index contributed by atoms with van der Waals surface area (Å²) in [7, 11) is 0. The zero-order chi connectivity index (χ0) is 16.6. The summed E-state index contributed by atoms with van der Waals surface area (Å²) in [5.74, 6) is -0.0261. The van der Waals surface area contributed by atoms with Gasteiger partial charge in [0.2, 0.25) is 5.91 Å². The highest BCUT2D eigenvalue weighted by molar-refractivity contribution is 7.09. The number of rotatable bonds is 3. The first kappa shape index (κ1) is 15.7. The van der Waals surface area contributed by atoms with Gasteiger partial charge in [-0.1, -0.05) is 30.3 Å². The summed E-state index contributed by atoms with van der Waals surface area (Å²) in [5.41, 5.74) is 3.74. The highest BCUT2D eigenvalue weighted by Crippen LogP contribution is 2.37. The smallest absolute Gasteiger partial charge is 0.246 e. The molecule has 1 N–H and O–H groups in total. The minimum Gasteiger partial charge on any atom is -0.364 e. The molecule has 6 heteroatoms. The minimum absolute atomic E-state index is 0.0261. The van der Waals surface area contributed by atoms with Crippen LogP contribution in [0.3, 0.4) is 0 Å². The number of fused-ring (bicyclic) bond motifs is 1. The van der Waals surface area contributed by atoms with Gasteiger partial charge < -0.3 is 10.1 Å². The third-order valence-electron chi connectivity index (χ3n) is 5.08. The monoisotopic (exact) mass is 343 g/mol. The molecule has 2 aliphatic heterocycles. The Balaban J connectivity index is 1.58. The molecule has 4 rings (SSSR count). The lowest BCUT2D eigenvalue weighted by atomic mass is 9.77. The average Bonchev–Trinajstić information content (AvgIpc) is 3.01. The van der Waals surface area contributed by atoms with Crippen molar-refractivity contribution in [2.75, 3.05) is 19.7 Å². The van der Waals surface area contributed by atoms with Gasteiger partial charge in [-0.3, -0.25) is 9.69 Å². The molecule has 1 amide bonds. The zero-order valence-corrected chi connectivity index (χ0v) is 14.5. The number of ether oxygens (including phenoxy) is 1. The predicted molar refractivity (Wildman–Crippen MR) is 92.7 cm³/mol. The molecule has 0 saturated carbocycles. The molecule has 0 unspecified atom stereocenters. The molecule has 2 fully saturated rings. The van der Waals surface area contributed by atoms with E-state index in [4.69, 9.17) is 4.74 Å². The van der Waals surface area contributed by atoms with Crippen molar-refractivity contribution >= 4 is 17.2 Å². The number of thiazole rings is 1. The number of carbonyl (C=O) groups is 1. The van der Waals surface area contributed by atoms with E-state index in [1.165, 1.54) is 4.88 Å². The fourth-order valence-electron chi connectivity index (χ4n) is 3.74. The summed E-state index contributed by atoms with van der Waals surface area (Å²) in [6.45, 7) is 4.84. The fraction of sp³-hybridized carbons (Fsp3) is 0.444. The number of amides is 1. The molecule has 24 heavy (non-hydrogen) atoms. The van der Waals surface area contributed by atoms with E-state index in [1.54, 1.807) is 11.3 Å². The molecule has 0 radical (unpaired) electrons. The zero-order valence-electron chi connectivity index (χ0n) is 13.7. The number of aryl methyl sites for hydroxylation is 1. The van der Waals surface area contributed by atoms with Crippen LogP contribution in [0.4, 0.5) is 0 Å². The van der Waals surface area contributed by atoms with Gasteiger partial charge in [-0.15, -0.1) is 11.3 Å². The van der Waals surface area contributed by atoms with E-state index >= 15 is 0 Å². The number of morpholine rings is 1. The van der Waals surface area contributed by atoms with Crippen LogP contribution >= 0.6 is 11.3 Å². The van der Waals surface area contributed by atoms with E-state index in [9.17, 15) is 4.79 Å². The Morgan fingerprint density at radius 2 is 2.25 bits per heavy atom. The Labute approximate surface area is 145 Å². The van der Waals surface area contributed by atoms with Crippen LogP contribution in [0.2, 0.25) is 0 Å². The van der Waals surface area contributed by atoms with Crippen LogP contribution in [0.1, 0.15) is 22.6 Å². The van der Waals surface area contributed by atoms with Crippen molar-refractivity contribution in [1.29, 1.82) is 0 Å². The minimum atomic E-state index is -0.407. The van der Waals surface area contributed by atoms with Crippen molar-refractivity contribution in [3.8, 4) is 0 Å². The first-order valence-electron chi connectivity index (χ1n) is 8.27. The molecular weight excluding hydrogens is 322 g/mol. The second-order valence-corrected chi connectivity index (χ2v) is 7.47. The molecule has 1 aromatic carbocycles. The summed E-state index contributed by atoms with van der Waals surface area (Å²) in [6.07, 6.45) is 0.824. The number of likely N-dealkylation sites (tertiary alicyclic amines) is 1. The van der Waals surface area contributed by atoms with Gasteiger partial charge in [0.25, 0.3) is 0 Å². The number of hydrogen-bond acceptors (Lipinski definition) is 5. The standard InChI is InChI=1S/C18H21N3O2S/c1-13-15(24-12-19-13)9-21-8-7-18(14-5-3-2-4-6-14)16(10-21)23-11-17(22)20-18/h2-6,12,16H,7-11H2,1H3,(H,20,22)/t16-,18+/m1/s1. The van der Waals surface area contributed by atoms with Crippen molar-refractivity contribution in [3.05, 3.63) is 52.0 Å². The highest BCUT2D eigenvalue weighted by atomic mass is 32.1. The molecule has 126 valence electrons. The summed E-state index contributed by atoms with van der Waals surface area (Å²) in [6, 6.07) is 10.2. The molecule has 2 saturated heterocycles. The molecular formula is C18H21N3O2S. The number of hydrogen-bond donors (Lipinski definition) is 1. The molecule has 0 aliphatic carbocycles. The molecule has 1 aromatic heterocycles. The summed E-state index contributed by atoms with van der Waals surface area (Å²) in [4.78, 5) is 20.1. The Kier molecular flexibility index (Phi) is 4.12. The van der Waals surface area contributed by atoms with Crippen LogP contribution < -0.4 is 5.32 Å². The highest BCUT2D eigenvalue weighted by Gasteiger charge is 2.48. The van der Waals surface area contributed by atoms with E-state index in [-0.39, 0.29) is 18.6 Å². The van der Waals surface area contributed by atoms with Crippen molar-refractivity contribution < 1.29 is 9.53 Å². The molecule has 2 atom stereocenters. The quantitative estimate of drug-likeness (QED) is 0.927. The lowest BCUT2D eigenvalue weighted by Gasteiger charge is -2.50. The molecule has 3 heterocycles. The summed E-state index contributed by atoms with van der Waals surface area (Å²) >= 11 is 1.71. The Morgan fingerprint density at radius 1 is 1.42 bits per heavy atom. The lowest BCUT2D eigenvalue weighted by Crippen LogP contribution is -2.66. The van der Waals surface area contributed by atoms with Crippen LogP contribution in [0.25, 0.3) is 0 Å². The second kappa shape index (κ2) is 6.27. The van der Waals surface area contributed by atoms with Gasteiger partial charge in [-0.25, -0.2) is 4.98 Å². The SMILES string of the molecule is Cc1ncsc1CN1CC[C@@]2(c3ccccc3)NC(=O)CO[C@@H]2C1. The van der Waals surface area contributed by atoms with Gasteiger partial charge >= 0.3 is 0 Å². The van der Waals surface area contributed by atoms with Gasteiger partial charge in [0.1, 0.15) is 6.61 Å². The van der Waals surface area contributed by atoms with Crippen LogP contribution in [0.15, 0.2) is 35.8 Å². The van der Waals surface area contributed by atoms with Gasteiger partial charge in [-0.05, 0) is 18.9 Å². The lowest BCUT2D eigenvalue weighted by molar-refractivity contribution is -0.152. The summed E-state index contributed by atoms with van der Waals surface area (Å²) < 4.78 is 5.97. The van der Waals surface area contributed by atoms with Crippen molar-refractivity contribution in [1.82, 2.24) is 15.2 Å². The largest absolute Gasteiger partial charge is 0.364 e. The van der Waals surface area contributed by atoms with Crippen LogP contribution in [-0.4, -0.2) is 41.6 Å². The first-order valence-corrected chi connectivity index (χ1v) is 9.15. The van der Waals surface area contributed by atoms with Crippen molar-refractivity contribution in [2.24, 2.45) is 0 Å². The first-order chi connectivity index (χ1) is 11.7. The van der Waals surface area contributed by atoms with Crippen LogP contribution in [0, 0.1) is 6.92 Å². The van der Waals surface area contributed by atoms with Gasteiger partial charge in [0, 0.05) is 24.5 Å². The van der Waals surface area contributed by atoms with Gasteiger partial charge in [-0.2, -0.15) is 0 Å². The van der Waals surface area contributed by atoms with E-state index in [0.717, 1.165) is 37.3 Å². The molecule has 2 aromatic rings. The maximum absolute atomic E-state index is 12.0. The third kappa shape index (κ3) is 2.75. The van der Waals surface area contributed by atoms with E-state index in [0.29, 0.717) is 0 Å². The maximum atomic E-state index is 12.0. The normalized spacial score (nSPS) is 27.5. The Morgan fingerprint density at radius 3 is 3.00 bits per heavy atom. The second-order valence-electron chi connectivity index (χ2n) is 6.53. The number of piperidine rings is 1. The van der Waals surface area contributed by atoms with Gasteiger partial charge in [0.15, 0.2) is 0 Å². The average molecular weight is 343 g/mol. The third-order valence-corrected chi connectivity index (χ3v) is 5.99. The van der Waals surface area contributed by atoms with Crippen molar-refractivity contribution in [3.63, 3.8) is 0 Å². The van der Waals surface area contributed by atoms with E-state index in [1.807, 2.05) is 23.7 Å². The fourth-order valence-corrected chi connectivity index (χ4v) is 4.56. The maximum Gasteiger partial charge on any atom is 0.246 e. The number of nitrogens with one attached hydrogen (secondary N) is 1. The Bertz CT molecular complexity index is 733. The Hall–Kier alpha value is -1.76. The molecule has 0 bridgehead atoms. The number of aromatic nitrogens is 1. The summed E-state index contributed by atoms with van der Waals surface area (Å²) in [5, 5.41) is 3.24. The van der Waals surface area contributed by atoms with E-state index in [2.05, 4.69) is 34.3 Å². The number of carbonyl (C=O) groups excluding carboxylic acids is 1. The van der Waals surface area contributed by atoms with Gasteiger partial charge in [0.05, 0.1) is 22.8 Å². The number of benzene rings is 1. The van der Waals surface area contributed by atoms with E-state index < -0.39 is 5.54 Å². The number of nitrogens with zero attached hydrogens (tertiary/aromatic N) is 2. The molecule has 5 nitrogen and oxygen atoms in total. The van der Waals surface area contributed by atoms with Crippen LogP contribution in [-0.2, 0) is 21.6 Å². The van der Waals surface area contributed by atoms with Crippen molar-refractivity contribution in [2.45, 2.75) is 31.5 Å². The molecule has 0 spiro atoms. The predicted octanol–water partition coefficient (Wildman–Crippen LogP) is 2.07. The topological polar surface area (TPSA) is 54.5 Å².